The second-order valence-electron chi connectivity index (χ2n) is 20.2. The quantitative estimate of drug-likeness (QED) is 0.184. The van der Waals surface area contributed by atoms with Crippen LogP contribution in [-0.4, -0.2) is 58.5 Å². The van der Waals surface area contributed by atoms with E-state index >= 15 is 0 Å². The maximum Gasteiger partial charge on any atom is 0.347 e. The predicted octanol–water partition coefficient (Wildman–Crippen LogP) is 8.51. The molecule has 0 aromatic carbocycles. The molecule has 8 saturated carbocycles. The van der Waals surface area contributed by atoms with Crippen LogP contribution < -0.4 is 0 Å². The van der Waals surface area contributed by atoms with Gasteiger partial charge in [-0.2, -0.15) is 0 Å². The van der Waals surface area contributed by atoms with Gasteiger partial charge in [-0.05, 0) is 167 Å². The number of hydrogen-bond donors (Lipinski definition) is 1. The average molecular weight is 731 g/mol. The molecule has 296 valence electrons. The Hall–Kier alpha value is -2.16. The standard InChI is InChI=1S/C17H28O2.C16H26O3.C10H16O4/c1-5-16(2,3)15(18)19-17(4)13-7-11-6-12(9-13)10-14(17)8-11;1-4-14(2,3)13(17)19-16-8-11-5-12(9-16)7-15(18,6-11)10-16;1-4-10(2,3)9(12)14-7-5-6-13-8(7)11/h11-14H,5-10H2,1-4H3;11-12,18H,4-10H2,1-3H3;7H,4-6H2,1-3H3. The summed E-state index contributed by atoms with van der Waals surface area (Å²) in [7, 11) is 0. The molecule has 8 bridgehead atoms. The molecule has 3 unspecified atom stereocenters. The van der Waals surface area contributed by atoms with Crippen LogP contribution in [0.1, 0.15) is 166 Å². The first-order valence-electron chi connectivity index (χ1n) is 20.6. The van der Waals surface area contributed by atoms with E-state index in [9.17, 15) is 24.3 Å². The fourth-order valence-electron chi connectivity index (χ4n) is 10.5. The molecule has 1 saturated heterocycles. The van der Waals surface area contributed by atoms with Crippen LogP contribution in [0, 0.1) is 51.8 Å². The van der Waals surface area contributed by atoms with Gasteiger partial charge in [-0.3, -0.25) is 14.4 Å². The van der Waals surface area contributed by atoms with Crippen molar-refractivity contribution in [1.82, 2.24) is 0 Å². The van der Waals surface area contributed by atoms with Gasteiger partial charge in [0.25, 0.3) is 0 Å². The minimum atomic E-state index is -0.687. The van der Waals surface area contributed by atoms with Crippen LogP contribution in [-0.2, 0) is 38.1 Å². The number of ether oxygens (including phenoxy) is 4. The Morgan fingerprint density at radius 2 is 1.13 bits per heavy atom. The summed E-state index contributed by atoms with van der Waals surface area (Å²) in [4.78, 5) is 47.4. The summed E-state index contributed by atoms with van der Waals surface area (Å²) < 4.78 is 21.9. The molecule has 9 rings (SSSR count). The third-order valence-electron chi connectivity index (χ3n) is 14.8. The maximum atomic E-state index is 12.5. The van der Waals surface area contributed by atoms with Crippen LogP contribution in [0.5, 0.6) is 0 Å². The Balaban J connectivity index is 0.000000153. The van der Waals surface area contributed by atoms with E-state index < -0.39 is 28.5 Å². The summed E-state index contributed by atoms with van der Waals surface area (Å²) in [6.07, 6.45) is 14.4. The third kappa shape index (κ3) is 8.54. The van der Waals surface area contributed by atoms with Gasteiger partial charge in [0, 0.05) is 12.8 Å². The molecule has 0 aromatic heterocycles. The molecule has 3 atom stereocenters. The van der Waals surface area contributed by atoms with Crippen LogP contribution in [0.2, 0.25) is 0 Å². The molecular formula is C43H70O9. The van der Waals surface area contributed by atoms with Gasteiger partial charge < -0.3 is 24.1 Å². The van der Waals surface area contributed by atoms with Gasteiger partial charge in [-0.15, -0.1) is 0 Å². The highest BCUT2D eigenvalue weighted by Gasteiger charge is 2.60. The first-order valence-corrected chi connectivity index (χ1v) is 20.6. The van der Waals surface area contributed by atoms with E-state index in [0.717, 1.165) is 50.4 Å². The molecule has 9 nitrogen and oxygen atoms in total. The van der Waals surface area contributed by atoms with E-state index in [0.29, 0.717) is 49.5 Å². The normalized spacial score (nSPS) is 38.4. The van der Waals surface area contributed by atoms with Crippen LogP contribution >= 0.6 is 0 Å². The van der Waals surface area contributed by atoms with Crippen molar-refractivity contribution in [3.05, 3.63) is 0 Å². The summed E-state index contributed by atoms with van der Waals surface area (Å²) in [6, 6.07) is 0. The zero-order valence-corrected chi connectivity index (χ0v) is 34.1. The minimum absolute atomic E-state index is 0.0185. The largest absolute Gasteiger partial charge is 0.463 e. The van der Waals surface area contributed by atoms with Crippen molar-refractivity contribution in [2.75, 3.05) is 6.61 Å². The molecule has 8 aliphatic carbocycles. The van der Waals surface area contributed by atoms with Crippen molar-refractivity contribution in [1.29, 1.82) is 0 Å². The van der Waals surface area contributed by atoms with E-state index in [1.165, 1.54) is 38.5 Å². The van der Waals surface area contributed by atoms with E-state index in [1.54, 1.807) is 13.8 Å². The van der Waals surface area contributed by atoms with Crippen molar-refractivity contribution >= 4 is 23.9 Å². The molecule has 9 aliphatic rings. The minimum Gasteiger partial charge on any atom is -0.463 e. The lowest BCUT2D eigenvalue weighted by molar-refractivity contribution is -0.225. The predicted molar refractivity (Wildman–Crippen MR) is 198 cm³/mol. The number of esters is 4. The second-order valence-corrected chi connectivity index (χ2v) is 20.2. The monoisotopic (exact) mass is 731 g/mol. The average Bonchev–Trinajstić information content (AvgIpc) is 3.46. The molecule has 1 N–H and O–H groups in total. The molecule has 0 spiro atoms. The van der Waals surface area contributed by atoms with E-state index in [-0.39, 0.29) is 34.5 Å². The molecule has 0 radical (unpaired) electrons. The second kappa shape index (κ2) is 14.8. The fraction of sp³-hybridized carbons (Fsp3) is 0.907. The van der Waals surface area contributed by atoms with Crippen molar-refractivity contribution in [3.63, 3.8) is 0 Å². The molecule has 1 aliphatic heterocycles. The first-order chi connectivity index (χ1) is 24.1. The van der Waals surface area contributed by atoms with Gasteiger partial charge in [0.05, 0.1) is 28.5 Å². The highest BCUT2D eigenvalue weighted by molar-refractivity contribution is 5.82. The Morgan fingerprint density at radius 1 is 0.692 bits per heavy atom. The van der Waals surface area contributed by atoms with Crippen LogP contribution in [0.25, 0.3) is 0 Å². The van der Waals surface area contributed by atoms with E-state index in [1.807, 2.05) is 41.5 Å². The van der Waals surface area contributed by atoms with Crippen LogP contribution in [0.3, 0.4) is 0 Å². The van der Waals surface area contributed by atoms with Gasteiger partial charge in [-0.25, -0.2) is 4.79 Å². The number of carbonyl (C=O) groups excluding carboxylic acids is 4. The number of rotatable bonds is 9. The number of cyclic esters (lactones) is 1. The lowest BCUT2D eigenvalue weighted by atomic mass is 9.50. The highest BCUT2D eigenvalue weighted by atomic mass is 16.6. The van der Waals surface area contributed by atoms with Crippen LogP contribution in [0.4, 0.5) is 0 Å². The third-order valence-corrected chi connectivity index (χ3v) is 14.8. The molecule has 0 aromatic rings. The smallest absolute Gasteiger partial charge is 0.347 e. The summed E-state index contributed by atoms with van der Waals surface area (Å²) >= 11 is 0. The fourth-order valence-corrected chi connectivity index (χ4v) is 10.5. The highest BCUT2D eigenvalue weighted by Crippen LogP contribution is 2.60. The molecule has 9 fully saturated rings. The van der Waals surface area contributed by atoms with E-state index in [4.69, 9.17) is 18.9 Å². The van der Waals surface area contributed by atoms with Crippen molar-refractivity contribution in [3.8, 4) is 0 Å². The van der Waals surface area contributed by atoms with Gasteiger partial charge >= 0.3 is 23.9 Å². The number of hydrogen-bond acceptors (Lipinski definition) is 9. The number of carbonyl (C=O) groups is 4. The number of aliphatic hydroxyl groups is 1. The van der Waals surface area contributed by atoms with Crippen molar-refractivity contribution < 1.29 is 43.2 Å². The SMILES string of the molecule is CCC(C)(C)C(=O)OC1(C)C2CC3CC(C2)CC1C3.CCC(C)(C)C(=O)OC12CC3CC(CC(O)(C3)C1)C2.CCC(C)(C)C(=O)OC1CCOC1=O. The van der Waals surface area contributed by atoms with Crippen molar-refractivity contribution in [2.24, 2.45) is 51.8 Å². The molecule has 52 heavy (non-hydrogen) atoms. The first kappa shape index (κ1) is 41.0. The molecule has 1 heterocycles. The van der Waals surface area contributed by atoms with Crippen molar-refractivity contribution in [2.45, 2.75) is 188 Å². The van der Waals surface area contributed by atoms with Gasteiger partial charge in [0.2, 0.25) is 6.10 Å². The molecular weight excluding hydrogens is 660 g/mol. The molecule has 9 heteroatoms. The summed E-state index contributed by atoms with van der Waals surface area (Å²) in [5.41, 5.74) is -2.35. The van der Waals surface area contributed by atoms with Gasteiger partial charge in [0.15, 0.2) is 0 Å². The Morgan fingerprint density at radius 3 is 1.56 bits per heavy atom. The van der Waals surface area contributed by atoms with E-state index in [2.05, 4.69) is 13.8 Å². The summed E-state index contributed by atoms with van der Waals surface area (Å²) in [5, 5.41) is 10.6. The zero-order chi connectivity index (χ0) is 38.5. The maximum absolute atomic E-state index is 12.5. The van der Waals surface area contributed by atoms with Gasteiger partial charge in [0.1, 0.15) is 11.2 Å². The Labute approximate surface area is 313 Å². The summed E-state index contributed by atoms with van der Waals surface area (Å²) in [6.45, 7) is 20.1. The van der Waals surface area contributed by atoms with Gasteiger partial charge in [-0.1, -0.05) is 20.8 Å². The lowest BCUT2D eigenvalue weighted by Crippen LogP contribution is -2.61. The summed E-state index contributed by atoms with van der Waals surface area (Å²) in [5.74, 6) is 3.40. The lowest BCUT2D eigenvalue weighted by Gasteiger charge is -2.59. The topological polar surface area (TPSA) is 125 Å². The molecule has 0 amide bonds. The Kier molecular flexibility index (Phi) is 11.7. The Bertz CT molecular complexity index is 1300. The zero-order valence-electron chi connectivity index (χ0n) is 34.1. The van der Waals surface area contributed by atoms with Crippen LogP contribution in [0.15, 0.2) is 0 Å².